The fourth-order valence-electron chi connectivity index (χ4n) is 2.93. The predicted octanol–water partition coefficient (Wildman–Crippen LogP) is 2.84. The van der Waals surface area contributed by atoms with Gasteiger partial charge in [-0.15, -0.1) is 0 Å². The number of aryl methyl sites for hydroxylation is 2. The maximum Gasteiger partial charge on any atom is 0.221 e. The molecule has 0 aliphatic rings. The molecule has 27 heavy (non-hydrogen) atoms. The number of hydrogen-bond acceptors (Lipinski definition) is 4. The highest BCUT2D eigenvalue weighted by Crippen LogP contribution is 2.18. The molecule has 3 rings (SSSR count). The van der Waals surface area contributed by atoms with Crippen LogP contribution in [0.2, 0.25) is 0 Å². The molecule has 1 aromatic heterocycles. The summed E-state index contributed by atoms with van der Waals surface area (Å²) < 4.78 is 26.6. The van der Waals surface area contributed by atoms with Gasteiger partial charge in [0.05, 0.1) is 28.4 Å². The van der Waals surface area contributed by atoms with E-state index < -0.39 is 9.84 Å². The van der Waals surface area contributed by atoms with Crippen LogP contribution in [-0.4, -0.2) is 29.9 Å². The Kier molecular flexibility index (Phi) is 5.60. The van der Waals surface area contributed by atoms with Gasteiger partial charge in [-0.2, -0.15) is 5.10 Å². The van der Waals surface area contributed by atoms with E-state index in [2.05, 4.69) is 10.4 Å². The number of aromatic nitrogens is 2. The van der Waals surface area contributed by atoms with Crippen molar-refractivity contribution in [1.29, 1.82) is 0 Å². The third kappa shape index (κ3) is 4.36. The molecule has 1 amide bonds. The van der Waals surface area contributed by atoms with Gasteiger partial charge < -0.3 is 5.32 Å². The highest BCUT2D eigenvalue weighted by atomic mass is 32.2. The van der Waals surface area contributed by atoms with Crippen LogP contribution in [0.15, 0.2) is 53.4 Å². The quantitative estimate of drug-likeness (QED) is 0.678. The summed E-state index contributed by atoms with van der Waals surface area (Å²) in [5, 5.41) is 8.30. The molecule has 0 bridgehead atoms. The Morgan fingerprint density at radius 1 is 1.11 bits per heavy atom. The largest absolute Gasteiger partial charge is 0.350 e. The zero-order valence-electron chi connectivity index (χ0n) is 15.5. The summed E-state index contributed by atoms with van der Waals surface area (Å²) in [6.07, 6.45) is -0.0807. The van der Waals surface area contributed by atoms with Crippen LogP contribution in [0.4, 0.5) is 0 Å². The lowest BCUT2D eigenvalue weighted by Crippen LogP contribution is -2.25. The molecule has 1 heterocycles. The van der Waals surface area contributed by atoms with Gasteiger partial charge in [-0.25, -0.2) is 8.42 Å². The van der Waals surface area contributed by atoms with Crippen molar-refractivity contribution in [3.63, 3.8) is 0 Å². The van der Waals surface area contributed by atoms with Crippen LogP contribution in [0.25, 0.3) is 10.9 Å². The maximum atomic E-state index is 12.3. The van der Waals surface area contributed by atoms with Gasteiger partial charge in [-0.3, -0.25) is 9.48 Å². The Morgan fingerprint density at radius 2 is 1.81 bits per heavy atom. The molecule has 0 aliphatic heterocycles. The van der Waals surface area contributed by atoms with Crippen molar-refractivity contribution in [3.05, 3.63) is 59.8 Å². The van der Waals surface area contributed by atoms with Gasteiger partial charge in [0, 0.05) is 18.4 Å². The zero-order chi connectivity index (χ0) is 19.4. The highest BCUT2D eigenvalue weighted by Gasteiger charge is 2.17. The van der Waals surface area contributed by atoms with Crippen LogP contribution < -0.4 is 5.32 Å². The molecule has 7 heteroatoms. The Hall–Kier alpha value is -2.67. The summed E-state index contributed by atoms with van der Waals surface area (Å²) in [5.74, 6) is -0.521. The molecule has 0 atom stereocenters. The molecule has 0 saturated heterocycles. The number of sulfone groups is 1. The SMILES string of the molecule is CCn1nc(CNC(=O)CCS(=O)(=O)c2ccc(C)cc2)c2ccccc21. The third-order valence-electron chi connectivity index (χ3n) is 4.46. The van der Waals surface area contributed by atoms with Gasteiger partial charge in [0.2, 0.25) is 5.91 Å². The number of nitrogens with zero attached hydrogens (tertiary/aromatic N) is 2. The lowest BCUT2D eigenvalue weighted by molar-refractivity contribution is -0.120. The molecular formula is C20H23N3O3S. The second-order valence-corrected chi connectivity index (χ2v) is 8.55. The van der Waals surface area contributed by atoms with Crippen molar-refractivity contribution in [2.75, 3.05) is 5.75 Å². The van der Waals surface area contributed by atoms with Crippen molar-refractivity contribution in [3.8, 4) is 0 Å². The van der Waals surface area contributed by atoms with Crippen molar-refractivity contribution in [1.82, 2.24) is 15.1 Å². The number of benzene rings is 2. The van der Waals surface area contributed by atoms with E-state index in [1.54, 1.807) is 24.3 Å². The molecule has 3 aromatic rings. The van der Waals surface area contributed by atoms with E-state index in [4.69, 9.17) is 0 Å². The Labute approximate surface area is 159 Å². The summed E-state index contributed by atoms with van der Waals surface area (Å²) in [6.45, 7) is 4.92. The van der Waals surface area contributed by atoms with Crippen LogP contribution in [0, 0.1) is 6.92 Å². The van der Waals surface area contributed by atoms with Crippen LogP contribution in [0.5, 0.6) is 0 Å². The van der Waals surface area contributed by atoms with Crippen LogP contribution in [0.1, 0.15) is 24.6 Å². The number of carbonyl (C=O) groups excluding carboxylic acids is 1. The second kappa shape index (κ2) is 7.92. The minimum atomic E-state index is -3.47. The topological polar surface area (TPSA) is 81.1 Å². The first-order valence-electron chi connectivity index (χ1n) is 8.91. The second-order valence-electron chi connectivity index (χ2n) is 6.44. The first-order chi connectivity index (χ1) is 12.9. The summed E-state index contributed by atoms with van der Waals surface area (Å²) in [6, 6.07) is 14.5. The predicted molar refractivity (Wildman–Crippen MR) is 105 cm³/mol. The van der Waals surface area contributed by atoms with E-state index in [0.717, 1.165) is 28.7 Å². The number of para-hydroxylation sites is 1. The number of amides is 1. The minimum Gasteiger partial charge on any atom is -0.350 e. The number of hydrogen-bond donors (Lipinski definition) is 1. The van der Waals surface area contributed by atoms with E-state index in [-0.39, 0.29) is 29.5 Å². The molecule has 0 aliphatic carbocycles. The molecule has 0 unspecified atom stereocenters. The lowest BCUT2D eigenvalue weighted by atomic mass is 10.2. The van der Waals surface area contributed by atoms with Crippen molar-refractivity contribution in [2.24, 2.45) is 0 Å². The standard InChI is InChI=1S/C20H23N3O3S/c1-3-23-19-7-5-4-6-17(19)18(22-23)14-21-20(24)12-13-27(25,26)16-10-8-15(2)9-11-16/h4-11H,3,12-14H2,1-2H3,(H,21,24). The van der Waals surface area contributed by atoms with Gasteiger partial charge >= 0.3 is 0 Å². The van der Waals surface area contributed by atoms with Gasteiger partial charge in [-0.05, 0) is 32.0 Å². The molecular weight excluding hydrogens is 362 g/mol. The van der Waals surface area contributed by atoms with Gasteiger partial charge in [0.1, 0.15) is 0 Å². The average molecular weight is 385 g/mol. The number of carbonyl (C=O) groups is 1. The van der Waals surface area contributed by atoms with Crippen molar-refractivity contribution >= 4 is 26.6 Å². The van der Waals surface area contributed by atoms with E-state index in [1.807, 2.05) is 42.8 Å². The fraction of sp³-hybridized carbons (Fsp3) is 0.300. The van der Waals surface area contributed by atoms with E-state index in [1.165, 1.54) is 0 Å². The number of nitrogens with one attached hydrogen (secondary N) is 1. The molecule has 142 valence electrons. The first-order valence-corrected chi connectivity index (χ1v) is 10.6. The molecule has 1 N–H and O–H groups in total. The first kappa shape index (κ1) is 19.1. The smallest absolute Gasteiger partial charge is 0.221 e. The Morgan fingerprint density at radius 3 is 2.52 bits per heavy atom. The normalized spacial score (nSPS) is 11.6. The van der Waals surface area contributed by atoms with Crippen LogP contribution in [0.3, 0.4) is 0 Å². The minimum absolute atomic E-state index is 0.0807. The van der Waals surface area contributed by atoms with Gasteiger partial charge in [0.15, 0.2) is 9.84 Å². The molecule has 6 nitrogen and oxygen atoms in total. The van der Waals surface area contributed by atoms with Crippen molar-refractivity contribution in [2.45, 2.75) is 38.3 Å². The third-order valence-corrected chi connectivity index (χ3v) is 6.20. The molecule has 0 fully saturated rings. The maximum absolute atomic E-state index is 12.3. The lowest BCUT2D eigenvalue weighted by Gasteiger charge is -2.06. The Bertz CT molecular complexity index is 1050. The Balaban J connectivity index is 1.61. The molecule has 2 aromatic carbocycles. The number of fused-ring (bicyclic) bond motifs is 1. The number of rotatable bonds is 7. The summed E-state index contributed by atoms with van der Waals surface area (Å²) in [5.41, 5.74) is 2.79. The van der Waals surface area contributed by atoms with Gasteiger partial charge in [0.25, 0.3) is 0 Å². The van der Waals surface area contributed by atoms with Crippen molar-refractivity contribution < 1.29 is 13.2 Å². The van der Waals surface area contributed by atoms with Gasteiger partial charge in [-0.1, -0.05) is 35.9 Å². The summed E-state index contributed by atoms with van der Waals surface area (Å²) in [4.78, 5) is 12.4. The molecule has 0 radical (unpaired) electrons. The van der Waals surface area contributed by atoms with E-state index in [0.29, 0.717) is 0 Å². The fourth-order valence-corrected chi connectivity index (χ4v) is 4.17. The highest BCUT2D eigenvalue weighted by molar-refractivity contribution is 7.91. The van der Waals surface area contributed by atoms with E-state index in [9.17, 15) is 13.2 Å². The average Bonchev–Trinajstić information content (AvgIpc) is 3.03. The van der Waals surface area contributed by atoms with Crippen LogP contribution in [-0.2, 0) is 27.7 Å². The monoisotopic (exact) mass is 385 g/mol. The summed E-state index contributed by atoms with van der Waals surface area (Å²) in [7, 11) is -3.47. The molecule has 0 spiro atoms. The van der Waals surface area contributed by atoms with Crippen LogP contribution >= 0.6 is 0 Å². The molecule has 0 saturated carbocycles. The zero-order valence-corrected chi connectivity index (χ0v) is 16.3. The summed E-state index contributed by atoms with van der Waals surface area (Å²) >= 11 is 0. The van der Waals surface area contributed by atoms with E-state index >= 15 is 0 Å².